The number of thiocarbonyl (C=S) groups is 1. The number of nitrogens with zero attached hydrogens (tertiary/aromatic N) is 3. The Bertz CT molecular complexity index is 748. The highest BCUT2D eigenvalue weighted by atomic mass is 32.2. The van der Waals surface area contributed by atoms with Crippen molar-refractivity contribution in [3.63, 3.8) is 0 Å². The molecule has 0 saturated carbocycles. The lowest BCUT2D eigenvalue weighted by Gasteiger charge is -2.09. The second-order valence-corrected chi connectivity index (χ2v) is 6.05. The third kappa shape index (κ3) is 3.43. The van der Waals surface area contributed by atoms with Crippen molar-refractivity contribution in [2.24, 2.45) is 0 Å². The average Bonchev–Trinajstić information content (AvgIpc) is 2.80. The number of hydrogen-bond donors (Lipinski definition) is 0. The molecule has 4 nitrogen and oxygen atoms in total. The standard InChI is InChI=1S/C16H11N3OS2/c1-2-19-15(20)14(22-16(19)21)8-12-5-3-11(4-6-12)7-13(9-17)10-18/h3-8H,2H2,1H3/b14-8-. The molecule has 1 amide bonds. The average molecular weight is 325 g/mol. The fourth-order valence-corrected chi connectivity index (χ4v) is 3.25. The molecule has 0 bridgehead atoms. The molecule has 0 radical (unpaired) electrons. The summed E-state index contributed by atoms with van der Waals surface area (Å²) in [4.78, 5) is 14.3. The summed E-state index contributed by atoms with van der Waals surface area (Å²) in [5, 5.41) is 17.5. The van der Waals surface area contributed by atoms with Crippen molar-refractivity contribution in [2.45, 2.75) is 6.92 Å². The van der Waals surface area contributed by atoms with Gasteiger partial charge in [-0.2, -0.15) is 10.5 Å². The molecule has 2 rings (SSSR count). The minimum atomic E-state index is -0.0716. The molecule has 22 heavy (non-hydrogen) atoms. The number of benzene rings is 1. The highest BCUT2D eigenvalue weighted by Crippen LogP contribution is 2.32. The molecular weight excluding hydrogens is 314 g/mol. The monoisotopic (exact) mass is 325 g/mol. The number of amides is 1. The van der Waals surface area contributed by atoms with Crippen LogP contribution >= 0.6 is 24.0 Å². The van der Waals surface area contributed by atoms with E-state index in [1.807, 2.05) is 31.2 Å². The Balaban J connectivity index is 2.23. The summed E-state index contributed by atoms with van der Waals surface area (Å²) in [6.07, 6.45) is 3.30. The van der Waals surface area contributed by atoms with E-state index in [1.54, 1.807) is 23.1 Å². The zero-order valence-corrected chi connectivity index (χ0v) is 13.4. The lowest BCUT2D eigenvalue weighted by molar-refractivity contribution is -0.121. The van der Waals surface area contributed by atoms with E-state index < -0.39 is 0 Å². The van der Waals surface area contributed by atoms with Crippen LogP contribution in [-0.2, 0) is 4.79 Å². The summed E-state index contributed by atoms with van der Waals surface area (Å²) in [5.74, 6) is -0.0716. The van der Waals surface area contributed by atoms with E-state index in [4.69, 9.17) is 22.7 Å². The molecule has 1 aliphatic rings. The maximum Gasteiger partial charge on any atom is 0.266 e. The van der Waals surface area contributed by atoms with Gasteiger partial charge >= 0.3 is 0 Å². The summed E-state index contributed by atoms with van der Waals surface area (Å²) < 4.78 is 0.575. The van der Waals surface area contributed by atoms with E-state index in [-0.39, 0.29) is 11.5 Å². The van der Waals surface area contributed by atoms with E-state index in [0.29, 0.717) is 15.8 Å². The molecule has 1 aliphatic heterocycles. The molecule has 0 aliphatic carbocycles. The van der Waals surface area contributed by atoms with E-state index in [0.717, 1.165) is 11.1 Å². The third-order valence-electron chi connectivity index (χ3n) is 2.98. The predicted molar refractivity (Wildman–Crippen MR) is 91.2 cm³/mol. The Hall–Kier alpha value is -2.41. The van der Waals surface area contributed by atoms with Crippen LogP contribution in [0.5, 0.6) is 0 Å². The Morgan fingerprint density at radius 2 is 1.86 bits per heavy atom. The van der Waals surface area contributed by atoms with Crippen LogP contribution in [0.2, 0.25) is 0 Å². The number of hydrogen-bond acceptors (Lipinski definition) is 5. The van der Waals surface area contributed by atoms with Gasteiger partial charge < -0.3 is 0 Å². The Morgan fingerprint density at radius 1 is 1.27 bits per heavy atom. The quantitative estimate of drug-likeness (QED) is 0.484. The summed E-state index contributed by atoms with van der Waals surface area (Å²) in [6, 6.07) is 10.9. The number of carbonyl (C=O) groups excluding carboxylic acids is 1. The van der Waals surface area contributed by atoms with E-state index >= 15 is 0 Å². The first-order valence-corrected chi connectivity index (χ1v) is 7.69. The van der Waals surface area contributed by atoms with Crippen LogP contribution < -0.4 is 0 Å². The zero-order chi connectivity index (χ0) is 16.1. The van der Waals surface area contributed by atoms with Crippen molar-refractivity contribution in [2.75, 3.05) is 6.54 Å². The maximum absolute atomic E-state index is 12.1. The predicted octanol–water partition coefficient (Wildman–Crippen LogP) is 3.34. The van der Waals surface area contributed by atoms with Crippen molar-refractivity contribution in [3.05, 3.63) is 45.9 Å². The number of allylic oxidation sites excluding steroid dienone is 1. The zero-order valence-electron chi connectivity index (χ0n) is 11.7. The molecule has 1 aromatic rings. The topological polar surface area (TPSA) is 67.9 Å². The van der Waals surface area contributed by atoms with Gasteiger partial charge in [0.05, 0.1) is 4.91 Å². The van der Waals surface area contributed by atoms with E-state index in [9.17, 15) is 4.79 Å². The Kier molecular flexibility index (Phi) is 5.11. The molecule has 6 heteroatoms. The summed E-state index contributed by atoms with van der Waals surface area (Å²) in [7, 11) is 0. The lowest BCUT2D eigenvalue weighted by atomic mass is 10.1. The first-order chi connectivity index (χ1) is 10.6. The number of carbonyl (C=O) groups is 1. The van der Waals surface area contributed by atoms with Gasteiger partial charge in [-0.1, -0.05) is 48.2 Å². The van der Waals surface area contributed by atoms with Crippen LogP contribution in [0.4, 0.5) is 0 Å². The van der Waals surface area contributed by atoms with Gasteiger partial charge in [-0.3, -0.25) is 9.69 Å². The van der Waals surface area contributed by atoms with Crippen molar-refractivity contribution < 1.29 is 4.79 Å². The highest BCUT2D eigenvalue weighted by molar-refractivity contribution is 8.26. The lowest BCUT2D eigenvalue weighted by Crippen LogP contribution is -2.27. The van der Waals surface area contributed by atoms with Gasteiger partial charge in [-0.25, -0.2) is 0 Å². The van der Waals surface area contributed by atoms with Crippen molar-refractivity contribution >= 4 is 46.4 Å². The molecule has 0 aromatic heterocycles. The molecule has 1 saturated heterocycles. The van der Waals surface area contributed by atoms with Gasteiger partial charge in [0.2, 0.25) is 0 Å². The van der Waals surface area contributed by atoms with Gasteiger partial charge in [-0.15, -0.1) is 0 Å². The van der Waals surface area contributed by atoms with Crippen LogP contribution in [0.25, 0.3) is 12.2 Å². The minimum Gasteiger partial charge on any atom is -0.293 e. The molecule has 0 spiro atoms. The molecule has 108 valence electrons. The fourth-order valence-electron chi connectivity index (χ4n) is 1.87. The first kappa shape index (κ1) is 16.0. The smallest absolute Gasteiger partial charge is 0.266 e. The third-order valence-corrected chi connectivity index (χ3v) is 4.35. The van der Waals surface area contributed by atoms with Gasteiger partial charge in [0, 0.05) is 6.54 Å². The normalized spacial score (nSPS) is 15.6. The van der Waals surface area contributed by atoms with Crippen LogP contribution in [-0.4, -0.2) is 21.7 Å². The van der Waals surface area contributed by atoms with Crippen molar-refractivity contribution in [1.29, 1.82) is 10.5 Å². The molecule has 1 fully saturated rings. The van der Waals surface area contributed by atoms with Gasteiger partial charge in [-0.05, 0) is 30.2 Å². The molecule has 0 N–H and O–H groups in total. The second-order valence-electron chi connectivity index (χ2n) is 4.37. The summed E-state index contributed by atoms with van der Waals surface area (Å²) in [5.41, 5.74) is 1.68. The SMILES string of the molecule is CCN1C(=O)/C(=C/c2ccc(C=C(C#N)C#N)cc2)SC1=S. The summed E-state index contributed by atoms with van der Waals surface area (Å²) in [6.45, 7) is 2.45. The van der Waals surface area contributed by atoms with Gasteiger partial charge in [0.25, 0.3) is 5.91 Å². The van der Waals surface area contributed by atoms with Crippen molar-refractivity contribution in [1.82, 2.24) is 4.90 Å². The Morgan fingerprint density at radius 3 is 2.36 bits per heavy atom. The largest absolute Gasteiger partial charge is 0.293 e. The first-order valence-electron chi connectivity index (χ1n) is 6.46. The molecule has 1 aromatic carbocycles. The van der Waals surface area contributed by atoms with Crippen LogP contribution in [0, 0.1) is 22.7 Å². The molecule has 0 atom stereocenters. The fraction of sp³-hybridized carbons (Fsp3) is 0.125. The molecule has 0 unspecified atom stereocenters. The molecular formula is C16H11N3OS2. The minimum absolute atomic E-state index is 0.0524. The van der Waals surface area contributed by atoms with E-state index in [1.165, 1.54) is 17.8 Å². The number of thioether (sulfide) groups is 1. The van der Waals surface area contributed by atoms with Crippen LogP contribution in [0.1, 0.15) is 18.1 Å². The Labute approximate surface area is 138 Å². The number of nitriles is 2. The highest BCUT2D eigenvalue weighted by Gasteiger charge is 2.30. The van der Waals surface area contributed by atoms with E-state index in [2.05, 4.69) is 0 Å². The van der Waals surface area contributed by atoms with Crippen LogP contribution in [0.3, 0.4) is 0 Å². The summed E-state index contributed by atoms with van der Waals surface area (Å²) >= 11 is 6.46. The second kappa shape index (κ2) is 7.04. The van der Waals surface area contributed by atoms with Crippen molar-refractivity contribution in [3.8, 4) is 12.1 Å². The van der Waals surface area contributed by atoms with Gasteiger partial charge in [0.1, 0.15) is 22.0 Å². The maximum atomic E-state index is 12.1. The van der Waals surface area contributed by atoms with Gasteiger partial charge in [0.15, 0.2) is 0 Å². The number of rotatable bonds is 3. The molecule has 1 heterocycles. The van der Waals surface area contributed by atoms with Crippen LogP contribution in [0.15, 0.2) is 34.7 Å². The number of likely N-dealkylation sites (N-methyl/N-ethyl adjacent to an activating group) is 1.